The molecule has 7 nitrogen and oxygen atoms in total. The molecule has 0 fully saturated rings. The third-order valence-corrected chi connectivity index (χ3v) is 4.39. The van der Waals surface area contributed by atoms with Crippen molar-refractivity contribution in [3.8, 4) is 0 Å². The number of carbonyl (C=O) groups excluding carboxylic acids is 1. The molecule has 0 aliphatic heterocycles. The first-order chi connectivity index (χ1) is 9.76. The van der Waals surface area contributed by atoms with E-state index in [-0.39, 0.29) is 18.7 Å². The number of carbonyl (C=O) groups is 1. The Bertz CT molecular complexity index is 458. The number of ether oxygens (including phenoxy) is 2. The SMILES string of the molecule is CCCC(C(=O)OCC)C(OCC)=[P+]([O-])COS(C)(=O)=O. The van der Waals surface area contributed by atoms with E-state index in [1.807, 2.05) is 6.92 Å². The third kappa shape index (κ3) is 8.48. The van der Waals surface area contributed by atoms with Crippen LogP contribution in [-0.2, 0) is 28.6 Å². The van der Waals surface area contributed by atoms with Gasteiger partial charge >= 0.3 is 5.97 Å². The minimum absolute atomic E-state index is 0.0384. The normalized spacial score (nSPS) is 14.5. The highest BCUT2D eigenvalue weighted by Crippen LogP contribution is 2.25. The fourth-order valence-electron chi connectivity index (χ4n) is 1.58. The molecule has 0 heterocycles. The molecule has 0 saturated heterocycles. The minimum Gasteiger partial charge on any atom is -0.627 e. The smallest absolute Gasteiger partial charge is 0.319 e. The van der Waals surface area contributed by atoms with Gasteiger partial charge in [-0.05, 0) is 20.3 Å². The highest BCUT2D eigenvalue weighted by Gasteiger charge is 2.31. The molecule has 2 unspecified atom stereocenters. The summed E-state index contributed by atoms with van der Waals surface area (Å²) in [6.45, 7) is 5.66. The molecular formula is C12H23O7PS. The van der Waals surface area contributed by atoms with Crippen LogP contribution in [0.3, 0.4) is 0 Å². The van der Waals surface area contributed by atoms with Crippen LogP contribution >= 0.6 is 7.77 Å². The second-order valence-corrected chi connectivity index (χ2v) is 7.29. The molecule has 0 aromatic heterocycles. The second kappa shape index (κ2) is 10.2. The third-order valence-electron chi connectivity index (χ3n) is 2.37. The monoisotopic (exact) mass is 342 g/mol. The predicted octanol–water partition coefficient (Wildman–Crippen LogP) is 0.823. The molecule has 0 bridgehead atoms. The summed E-state index contributed by atoms with van der Waals surface area (Å²) >= 11 is 0. The lowest BCUT2D eigenvalue weighted by atomic mass is 10.1. The Morgan fingerprint density at radius 1 is 1.19 bits per heavy atom. The molecular weight excluding hydrogens is 319 g/mol. The molecule has 0 rings (SSSR count). The van der Waals surface area contributed by atoms with Crippen LogP contribution in [0.2, 0.25) is 0 Å². The summed E-state index contributed by atoms with van der Waals surface area (Å²) in [6.07, 6.45) is 1.40. The average Bonchev–Trinajstić information content (AvgIpc) is 2.39. The molecule has 124 valence electrons. The van der Waals surface area contributed by atoms with Crippen LogP contribution < -0.4 is 4.89 Å². The van der Waals surface area contributed by atoms with Gasteiger partial charge in [-0.25, -0.2) is 4.18 Å². The number of hydrogen-bond acceptors (Lipinski definition) is 7. The molecule has 0 radical (unpaired) electrons. The lowest BCUT2D eigenvalue weighted by Crippen LogP contribution is -2.29. The molecule has 9 heteroatoms. The van der Waals surface area contributed by atoms with Crippen molar-refractivity contribution in [2.45, 2.75) is 33.6 Å². The maximum Gasteiger partial charge on any atom is 0.319 e. The summed E-state index contributed by atoms with van der Waals surface area (Å²) in [6, 6.07) is 0. The lowest BCUT2D eigenvalue weighted by molar-refractivity contribution is -0.157. The first-order valence-electron chi connectivity index (χ1n) is 6.72. The zero-order valence-corrected chi connectivity index (χ0v) is 14.5. The van der Waals surface area contributed by atoms with E-state index < -0.39 is 36.1 Å². The van der Waals surface area contributed by atoms with Gasteiger partial charge in [-0.1, -0.05) is 13.3 Å². The van der Waals surface area contributed by atoms with Gasteiger partial charge < -0.3 is 14.4 Å². The van der Waals surface area contributed by atoms with Crippen LogP contribution in [0, 0.1) is 5.92 Å². The van der Waals surface area contributed by atoms with E-state index in [0.717, 1.165) is 6.26 Å². The zero-order chi connectivity index (χ0) is 16.5. The average molecular weight is 342 g/mol. The number of hydrogen-bond donors (Lipinski definition) is 0. The summed E-state index contributed by atoms with van der Waals surface area (Å²) in [5.41, 5.74) is 0.0384. The van der Waals surface area contributed by atoms with Crippen molar-refractivity contribution in [1.82, 2.24) is 0 Å². The quantitative estimate of drug-likeness (QED) is 0.329. The van der Waals surface area contributed by atoms with Crippen molar-refractivity contribution in [1.29, 1.82) is 0 Å². The van der Waals surface area contributed by atoms with Crippen molar-refractivity contribution in [3.05, 3.63) is 0 Å². The van der Waals surface area contributed by atoms with E-state index in [1.54, 1.807) is 13.8 Å². The predicted molar refractivity (Wildman–Crippen MR) is 79.4 cm³/mol. The van der Waals surface area contributed by atoms with Gasteiger partial charge in [0.25, 0.3) is 10.1 Å². The highest BCUT2D eigenvalue weighted by atomic mass is 32.2. The standard InChI is InChI=1S/C12H23O7PS/c1-5-8-10(11(13)17-6-2)12(18-7-3)20(14)9-19-21(4,15)16/h10H,5-9H2,1-4H3. The molecule has 0 saturated carbocycles. The topological polar surface area (TPSA) is 102 Å². The summed E-state index contributed by atoms with van der Waals surface area (Å²) in [4.78, 5) is 24.1. The summed E-state index contributed by atoms with van der Waals surface area (Å²) < 4.78 is 36.7. The first-order valence-corrected chi connectivity index (χ1v) is 9.98. The first kappa shape index (κ1) is 20.5. The fourth-order valence-corrected chi connectivity index (χ4v) is 3.71. The summed E-state index contributed by atoms with van der Waals surface area (Å²) in [7, 11) is -5.97. The Hall–Kier alpha value is -0.530. The van der Waals surface area contributed by atoms with Crippen LogP contribution in [-0.4, -0.2) is 45.7 Å². The second-order valence-electron chi connectivity index (χ2n) is 4.19. The molecule has 0 N–H and O–H groups in total. The summed E-state index contributed by atoms with van der Waals surface area (Å²) in [5.74, 6) is -1.30. The van der Waals surface area contributed by atoms with Gasteiger partial charge in [0.05, 0.1) is 19.5 Å². The van der Waals surface area contributed by atoms with E-state index in [9.17, 15) is 18.1 Å². The van der Waals surface area contributed by atoms with E-state index in [0.29, 0.717) is 12.8 Å². The molecule has 0 spiro atoms. The number of rotatable bonds is 10. The van der Waals surface area contributed by atoms with Crippen molar-refractivity contribution in [3.63, 3.8) is 0 Å². The van der Waals surface area contributed by atoms with Crippen molar-refractivity contribution >= 4 is 29.3 Å². The Labute approximate surface area is 127 Å². The summed E-state index contributed by atoms with van der Waals surface area (Å²) in [5, 5.41) is 0. The van der Waals surface area contributed by atoms with Crippen molar-refractivity contribution in [2.75, 3.05) is 25.8 Å². The van der Waals surface area contributed by atoms with Gasteiger partial charge in [0.15, 0.2) is 0 Å². The fraction of sp³-hybridized carbons (Fsp3) is 0.833. The Morgan fingerprint density at radius 3 is 2.19 bits per heavy atom. The van der Waals surface area contributed by atoms with Crippen LogP contribution in [0.25, 0.3) is 0 Å². The van der Waals surface area contributed by atoms with Gasteiger partial charge in [-0.3, -0.25) is 4.79 Å². The minimum atomic E-state index is -3.70. The van der Waals surface area contributed by atoms with Gasteiger partial charge in [0, 0.05) is 0 Å². The molecule has 0 aromatic rings. The van der Waals surface area contributed by atoms with Crippen molar-refractivity contribution in [2.24, 2.45) is 5.92 Å². The van der Waals surface area contributed by atoms with Gasteiger partial charge in [-0.15, -0.1) is 0 Å². The number of esters is 1. The van der Waals surface area contributed by atoms with Gasteiger partial charge in [-0.2, -0.15) is 8.42 Å². The van der Waals surface area contributed by atoms with Crippen LogP contribution in [0.1, 0.15) is 33.6 Å². The molecule has 21 heavy (non-hydrogen) atoms. The van der Waals surface area contributed by atoms with Crippen LogP contribution in [0.4, 0.5) is 0 Å². The molecule has 0 aromatic carbocycles. The molecule has 0 amide bonds. The van der Waals surface area contributed by atoms with E-state index in [4.69, 9.17) is 9.47 Å². The van der Waals surface area contributed by atoms with Crippen LogP contribution in [0.15, 0.2) is 0 Å². The van der Waals surface area contributed by atoms with Gasteiger partial charge in [0.2, 0.25) is 11.8 Å². The Morgan fingerprint density at radius 2 is 1.76 bits per heavy atom. The largest absolute Gasteiger partial charge is 0.627 e. The molecule has 0 aliphatic rings. The molecule has 0 aliphatic carbocycles. The zero-order valence-electron chi connectivity index (χ0n) is 12.8. The molecule has 2 atom stereocenters. The highest BCUT2D eigenvalue weighted by molar-refractivity contribution is 7.86. The lowest BCUT2D eigenvalue weighted by Gasteiger charge is -2.16. The van der Waals surface area contributed by atoms with E-state index >= 15 is 0 Å². The maximum atomic E-state index is 12.2. The van der Waals surface area contributed by atoms with Crippen molar-refractivity contribution < 1.29 is 31.8 Å². The maximum absolute atomic E-state index is 12.2. The Balaban J connectivity index is 5.30. The van der Waals surface area contributed by atoms with E-state index in [2.05, 4.69) is 4.18 Å². The van der Waals surface area contributed by atoms with Crippen LogP contribution in [0.5, 0.6) is 0 Å². The Kier molecular flexibility index (Phi) is 9.98. The van der Waals surface area contributed by atoms with Gasteiger partial charge in [0.1, 0.15) is 13.7 Å². The van der Waals surface area contributed by atoms with E-state index in [1.165, 1.54) is 0 Å².